The van der Waals surface area contributed by atoms with Crippen LogP contribution in [0.3, 0.4) is 0 Å². The van der Waals surface area contributed by atoms with Crippen molar-refractivity contribution >= 4 is 15.8 Å². The van der Waals surface area contributed by atoms with Crippen LogP contribution in [0.4, 0.5) is 10.2 Å². The number of aryl methyl sites for hydroxylation is 1. The van der Waals surface area contributed by atoms with E-state index in [0.29, 0.717) is 30.6 Å². The Morgan fingerprint density at radius 2 is 1.90 bits per heavy atom. The van der Waals surface area contributed by atoms with Gasteiger partial charge in [-0.1, -0.05) is 0 Å². The quantitative estimate of drug-likeness (QED) is 0.517. The molecule has 2 aromatic heterocycles. The lowest BCUT2D eigenvalue weighted by molar-refractivity contribution is 0.321. The van der Waals surface area contributed by atoms with Crippen LogP contribution in [0.5, 0.6) is 5.75 Å². The van der Waals surface area contributed by atoms with Crippen molar-refractivity contribution in [2.45, 2.75) is 18.7 Å². The second kappa shape index (κ2) is 9.01. The molecule has 8 nitrogen and oxygen atoms in total. The second-order valence-corrected chi connectivity index (χ2v) is 7.87. The Morgan fingerprint density at radius 3 is 2.59 bits per heavy atom. The summed E-state index contributed by atoms with van der Waals surface area (Å²) in [6.07, 6.45) is 3.74. The number of ether oxygens (including phenoxy) is 1. The molecule has 3 rings (SSSR count). The van der Waals surface area contributed by atoms with Gasteiger partial charge in [0.1, 0.15) is 17.5 Å². The molecular weight excluding hydrogens is 397 g/mol. The van der Waals surface area contributed by atoms with E-state index in [1.165, 1.54) is 12.1 Å². The average Bonchev–Trinajstić information content (AvgIpc) is 3.21. The SMILES string of the molecule is CCOc1ccc(S(=O)(=O)NCCNc2cc(-n3cccc3)nc(C)n2)cc1F. The maximum atomic E-state index is 13.9. The van der Waals surface area contributed by atoms with Crippen LogP contribution in [0, 0.1) is 12.7 Å². The molecular formula is C19H22FN5O3S. The maximum Gasteiger partial charge on any atom is 0.240 e. The number of rotatable bonds is 9. The third-order valence-corrected chi connectivity index (χ3v) is 5.39. The van der Waals surface area contributed by atoms with Gasteiger partial charge >= 0.3 is 0 Å². The van der Waals surface area contributed by atoms with Crippen molar-refractivity contribution < 1.29 is 17.5 Å². The summed E-state index contributed by atoms with van der Waals surface area (Å²) in [5, 5.41) is 3.06. The first-order chi connectivity index (χ1) is 13.9. The number of hydrogen-bond donors (Lipinski definition) is 2. The van der Waals surface area contributed by atoms with Gasteiger partial charge in [-0.15, -0.1) is 0 Å². The van der Waals surface area contributed by atoms with Crippen LogP contribution in [0.2, 0.25) is 0 Å². The average molecular weight is 419 g/mol. The minimum Gasteiger partial charge on any atom is -0.491 e. The molecule has 154 valence electrons. The fraction of sp³-hybridized carbons (Fsp3) is 0.263. The highest BCUT2D eigenvalue weighted by Gasteiger charge is 2.16. The largest absolute Gasteiger partial charge is 0.491 e. The first-order valence-corrected chi connectivity index (χ1v) is 10.5. The molecule has 0 fully saturated rings. The summed E-state index contributed by atoms with van der Waals surface area (Å²) in [5.41, 5.74) is 0. The predicted octanol–water partition coefficient (Wildman–Crippen LogP) is 2.50. The number of hydrogen-bond acceptors (Lipinski definition) is 6. The number of nitrogens with zero attached hydrogens (tertiary/aromatic N) is 3. The molecule has 0 unspecified atom stereocenters. The molecule has 3 aromatic rings. The van der Waals surface area contributed by atoms with Gasteiger partial charge in [0.15, 0.2) is 11.6 Å². The van der Waals surface area contributed by atoms with E-state index in [4.69, 9.17) is 4.74 Å². The summed E-state index contributed by atoms with van der Waals surface area (Å²) in [7, 11) is -3.84. The van der Waals surface area contributed by atoms with Crippen molar-refractivity contribution in [3.05, 3.63) is 60.4 Å². The Hall–Kier alpha value is -2.98. The van der Waals surface area contributed by atoms with Gasteiger partial charge in [0.25, 0.3) is 0 Å². The van der Waals surface area contributed by atoms with Crippen LogP contribution < -0.4 is 14.8 Å². The number of aromatic nitrogens is 3. The van der Waals surface area contributed by atoms with Crippen LogP contribution in [0.25, 0.3) is 5.82 Å². The summed E-state index contributed by atoms with van der Waals surface area (Å²) >= 11 is 0. The lowest BCUT2D eigenvalue weighted by Gasteiger charge is -2.11. The Labute approximate surface area is 168 Å². The molecule has 0 saturated heterocycles. The zero-order valence-electron chi connectivity index (χ0n) is 16.1. The highest BCUT2D eigenvalue weighted by Crippen LogP contribution is 2.21. The van der Waals surface area contributed by atoms with Gasteiger partial charge in [-0.05, 0) is 44.2 Å². The number of sulfonamides is 1. The molecule has 10 heteroatoms. The summed E-state index contributed by atoms with van der Waals surface area (Å²) in [5.74, 6) is 1.17. The Bertz CT molecular complexity index is 1070. The minimum atomic E-state index is -3.84. The Balaban J connectivity index is 1.59. The van der Waals surface area contributed by atoms with Gasteiger partial charge < -0.3 is 14.6 Å². The van der Waals surface area contributed by atoms with Crippen molar-refractivity contribution in [2.75, 3.05) is 25.0 Å². The molecule has 1 aromatic carbocycles. The summed E-state index contributed by atoms with van der Waals surface area (Å²) in [6.45, 7) is 4.18. The highest BCUT2D eigenvalue weighted by atomic mass is 32.2. The van der Waals surface area contributed by atoms with E-state index in [1.807, 2.05) is 29.1 Å². The molecule has 0 bridgehead atoms. The lowest BCUT2D eigenvalue weighted by atomic mass is 10.3. The monoisotopic (exact) mass is 419 g/mol. The summed E-state index contributed by atoms with van der Waals surface area (Å²) in [4.78, 5) is 8.50. The molecule has 0 aliphatic heterocycles. The zero-order chi connectivity index (χ0) is 20.9. The van der Waals surface area contributed by atoms with Gasteiger partial charge in [-0.25, -0.2) is 27.5 Å². The third-order valence-electron chi connectivity index (χ3n) is 3.93. The van der Waals surface area contributed by atoms with Crippen LogP contribution in [0.1, 0.15) is 12.7 Å². The normalized spacial score (nSPS) is 11.4. The molecule has 2 N–H and O–H groups in total. The van der Waals surface area contributed by atoms with Crippen molar-refractivity contribution in [3.63, 3.8) is 0 Å². The first kappa shape index (κ1) is 20.7. The zero-order valence-corrected chi connectivity index (χ0v) is 16.9. The van der Waals surface area contributed by atoms with Gasteiger partial charge in [0.2, 0.25) is 10.0 Å². The third kappa shape index (κ3) is 5.30. The number of nitrogens with one attached hydrogen (secondary N) is 2. The maximum absolute atomic E-state index is 13.9. The molecule has 0 atom stereocenters. The lowest BCUT2D eigenvalue weighted by Crippen LogP contribution is -2.29. The van der Waals surface area contributed by atoms with E-state index in [-0.39, 0.29) is 17.2 Å². The minimum absolute atomic E-state index is 0.0192. The van der Waals surface area contributed by atoms with Gasteiger partial charge in [-0.3, -0.25) is 0 Å². The van der Waals surface area contributed by atoms with Crippen molar-refractivity contribution in [3.8, 4) is 11.6 Å². The number of anilines is 1. The van der Waals surface area contributed by atoms with Crippen molar-refractivity contribution in [2.24, 2.45) is 0 Å². The molecule has 0 aliphatic rings. The molecule has 0 spiro atoms. The van der Waals surface area contributed by atoms with Crippen LogP contribution in [0.15, 0.2) is 53.7 Å². The van der Waals surface area contributed by atoms with Crippen LogP contribution in [-0.4, -0.2) is 42.6 Å². The van der Waals surface area contributed by atoms with Gasteiger partial charge in [-0.2, -0.15) is 0 Å². The number of halogens is 1. The number of benzene rings is 1. The fourth-order valence-electron chi connectivity index (χ4n) is 2.64. The second-order valence-electron chi connectivity index (χ2n) is 6.10. The molecule has 0 radical (unpaired) electrons. The molecule has 0 saturated carbocycles. The summed E-state index contributed by atoms with van der Waals surface area (Å²) in [6, 6.07) is 9.10. The molecule has 0 aliphatic carbocycles. The standard InChI is InChI=1S/C19H22FN5O3S/c1-3-28-17-7-6-15(12-16(17)20)29(26,27)22-9-8-21-18-13-19(24-14(2)23-18)25-10-4-5-11-25/h4-7,10-13,22H,3,8-9H2,1-2H3,(H,21,23,24). The van der Waals surface area contributed by atoms with Gasteiger partial charge in [0.05, 0.1) is 11.5 Å². The van der Waals surface area contributed by atoms with E-state index in [9.17, 15) is 12.8 Å². The van der Waals surface area contributed by atoms with E-state index in [2.05, 4.69) is 20.0 Å². The van der Waals surface area contributed by atoms with Crippen LogP contribution >= 0.6 is 0 Å². The smallest absolute Gasteiger partial charge is 0.240 e. The molecule has 2 heterocycles. The van der Waals surface area contributed by atoms with Crippen molar-refractivity contribution in [1.82, 2.24) is 19.3 Å². The van der Waals surface area contributed by atoms with E-state index >= 15 is 0 Å². The molecule has 0 amide bonds. The molecule has 29 heavy (non-hydrogen) atoms. The highest BCUT2D eigenvalue weighted by molar-refractivity contribution is 7.89. The Morgan fingerprint density at radius 1 is 1.14 bits per heavy atom. The fourth-order valence-corrected chi connectivity index (χ4v) is 3.69. The predicted molar refractivity (Wildman–Crippen MR) is 107 cm³/mol. The van der Waals surface area contributed by atoms with E-state index in [0.717, 1.165) is 6.07 Å². The van der Waals surface area contributed by atoms with Crippen molar-refractivity contribution in [1.29, 1.82) is 0 Å². The van der Waals surface area contributed by atoms with Gasteiger partial charge in [0, 0.05) is 31.5 Å². The van der Waals surface area contributed by atoms with Crippen LogP contribution in [-0.2, 0) is 10.0 Å². The summed E-state index contributed by atoms with van der Waals surface area (Å²) < 4.78 is 48.0. The van der Waals surface area contributed by atoms with E-state index < -0.39 is 15.8 Å². The topological polar surface area (TPSA) is 98.1 Å². The van der Waals surface area contributed by atoms with E-state index in [1.54, 1.807) is 19.9 Å². The Kier molecular flexibility index (Phi) is 6.45. The first-order valence-electron chi connectivity index (χ1n) is 9.04.